The van der Waals surface area contributed by atoms with Crippen LogP contribution in [0, 0.1) is 3.57 Å². The number of imidazole rings is 1. The van der Waals surface area contributed by atoms with Crippen molar-refractivity contribution in [3.63, 3.8) is 0 Å². The van der Waals surface area contributed by atoms with E-state index < -0.39 is 0 Å². The molecule has 4 heteroatoms. The largest absolute Gasteiger partial charge is 0.325 e. The predicted molar refractivity (Wildman–Crippen MR) is 70.3 cm³/mol. The van der Waals surface area contributed by atoms with E-state index in [1.54, 1.807) is 0 Å². The quantitative estimate of drug-likeness (QED) is 0.882. The van der Waals surface area contributed by atoms with E-state index >= 15 is 0 Å². The van der Waals surface area contributed by atoms with Crippen LogP contribution < -0.4 is 5.32 Å². The summed E-state index contributed by atoms with van der Waals surface area (Å²) >= 11 is 2.31. The summed E-state index contributed by atoms with van der Waals surface area (Å²) in [6, 6.07) is 8.17. The third kappa shape index (κ3) is 2.31. The fourth-order valence-corrected chi connectivity index (χ4v) is 1.89. The van der Waals surface area contributed by atoms with E-state index in [0.29, 0.717) is 0 Å². The van der Waals surface area contributed by atoms with Crippen LogP contribution in [0.15, 0.2) is 36.7 Å². The number of hydrogen-bond donors (Lipinski definition) is 1. The van der Waals surface area contributed by atoms with E-state index in [0.717, 1.165) is 18.2 Å². The molecule has 2 aromatic rings. The number of nitrogens with zero attached hydrogens (tertiary/aromatic N) is 2. The molecule has 0 aliphatic rings. The minimum Gasteiger partial charge on any atom is -0.325 e. The maximum absolute atomic E-state index is 4.27. The Morgan fingerprint density at radius 2 is 2.20 bits per heavy atom. The standard InChI is InChI=1S/C11H12IN3/c1-2-15-8-7-13-11(15)14-10-6-4-3-5-9(10)12/h3-8H,2H2,1H3,(H,13,14). The third-order valence-electron chi connectivity index (χ3n) is 2.18. The van der Waals surface area contributed by atoms with Gasteiger partial charge in [-0.1, -0.05) is 12.1 Å². The summed E-state index contributed by atoms with van der Waals surface area (Å²) in [6.45, 7) is 3.02. The molecular weight excluding hydrogens is 301 g/mol. The molecule has 78 valence electrons. The lowest BCUT2D eigenvalue weighted by molar-refractivity contribution is 0.772. The van der Waals surface area contributed by atoms with Crippen molar-refractivity contribution >= 4 is 34.2 Å². The van der Waals surface area contributed by atoms with Gasteiger partial charge in [-0.3, -0.25) is 0 Å². The molecule has 0 aliphatic heterocycles. The highest BCUT2D eigenvalue weighted by molar-refractivity contribution is 14.1. The Kier molecular flexibility index (Phi) is 3.25. The Labute approximate surface area is 103 Å². The van der Waals surface area contributed by atoms with Crippen LogP contribution in [0.1, 0.15) is 6.92 Å². The molecule has 0 saturated heterocycles. The number of benzene rings is 1. The number of hydrogen-bond acceptors (Lipinski definition) is 2. The molecule has 0 aliphatic carbocycles. The molecule has 1 aromatic carbocycles. The molecule has 0 amide bonds. The number of anilines is 2. The number of nitrogens with one attached hydrogen (secondary N) is 1. The lowest BCUT2D eigenvalue weighted by atomic mass is 10.3. The van der Waals surface area contributed by atoms with Crippen LogP contribution in [0.2, 0.25) is 0 Å². The van der Waals surface area contributed by atoms with Crippen molar-refractivity contribution in [2.45, 2.75) is 13.5 Å². The molecule has 0 unspecified atom stereocenters. The monoisotopic (exact) mass is 313 g/mol. The van der Waals surface area contributed by atoms with E-state index in [9.17, 15) is 0 Å². The smallest absolute Gasteiger partial charge is 0.207 e. The lowest BCUT2D eigenvalue weighted by Crippen LogP contribution is -2.02. The van der Waals surface area contributed by atoms with Crippen LogP contribution >= 0.6 is 22.6 Å². The van der Waals surface area contributed by atoms with Gasteiger partial charge in [0.1, 0.15) is 0 Å². The molecular formula is C11H12IN3. The van der Waals surface area contributed by atoms with Gasteiger partial charge in [-0.05, 0) is 41.6 Å². The average Bonchev–Trinajstić information content (AvgIpc) is 2.69. The maximum Gasteiger partial charge on any atom is 0.207 e. The van der Waals surface area contributed by atoms with Crippen molar-refractivity contribution in [1.82, 2.24) is 9.55 Å². The average molecular weight is 313 g/mol. The number of halogens is 1. The van der Waals surface area contributed by atoms with Gasteiger partial charge in [0.25, 0.3) is 0 Å². The summed E-state index contributed by atoms with van der Waals surface area (Å²) in [6.07, 6.45) is 3.78. The highest BCUT2D eigenvalue weighted by Gasteiger charge is 2.03. The fraction of sp³-hybridized carbons (Fsp3) is 0.182. The zero-order valence-corrected chi connectivity index (χ0v) is 10.6. The molecule has 0 atom stereocenters. The van der Waals surface area contributed by atoms with E-state index in [2.05, 4.69) is 56.5 Å². The topological polar surface area (TPSA) is 29.9 Å². The molecule has 15 heavy (non-hydrogen) atoms. The fourth-order valence-electron chi connectivity index (χ4n) is 1.37. The van der Waals surface area contributed by atoms with Crippen LogP contribution in [0.4, 0.5) is 11.6 Å². The van der Waals surface area contributed by atoms with Gasteiger partial charge < -0.3 is 9.88 Å². The molecule has 1 N–H and O–H groups in total. The first-order valence-electron chi connectivity index (χ1n) is 4.84. The summed E-state index contributed by atoms with van der Waals surface area (Å²) in [7, 11) is 0. The van der Waals surface area contributed by atoms with Crippen molar-refractivity contribution < 1.29 is 0 Å². The summed E-state index contributed by atoms with van der Waals surface area (Å²) in [5, 5.41) is 3.32. The second-order valence-corrected chi connectivity index (χ2v) is 4.30. The first-order chi connectivity index (χ1) is 7.31. The Bertz CT molecular complexity index is 451. The second-order valence-electron chi connectivity index (χ2n) is 3.14. The minimum absolute atomic E-state index is 0.890. The van der Waals surface area contributed by atoms with Gasteiger partial charge in [0.15, 0.2) is 0 Å². The highest BCUT2D eigenvalue weighted by atomic mass is 127. The first kappa shape index (κ1) is 10.5. The van der Waals surface area contributed by atoms with Crippen molar-refractivity contribution in [3.8, 4) is 0 Å². The SMILES string of the molecule is CCn1ccnc1Nc1ccccc1I. The van der Waals surface area contributed by atoms with Gasteiger partial charge in [0, 0.05) is 22.5 Å². The minimum atomic E-state index is 0.890. The van der Waals surface area contributed by atoms with Crippen molar-refractivity contribution in [1.29, 1.82) is 0 Å². The van der Waals surface area contributed by atoms with Crippen LogP contribution in [0.5, 0.6) is 0 Å². The summed E-state index contributed by atoms with van der Waals surface area (Å²) in [4.78, 5) is 4.27. The number of rotatable bonds is 3. The Hall–Kier alpha value is -1.04. The van der Waals surface area contributed by atoms with Gasteiger partial charge in [0.05, 0.1) is 5.69 Å². The molecule has 0 bridgehead atoms. The van der Waals surface area contributed by atoms with E-state index in [-0.39, 0.29) is 0 Å². The zero-order chi connectivity index (χ0) is 10.7. The lowest BCUT2D eigenvalue weighted by Gasteiger charge is -2.08. The normalized spacial score (nSPS) is 10.3. The molecule has 0 fully saturated rings. The first-order valence-corrected chi connectivity index (χ1v) is 5.92. The molecule has 1 aromatic heterocycles. The molecule has 0 spiro atoms. The maximum atomic E-state index is 4.27. The molecule has 3 nitrogen and oxygen atoms in total. The van der Waals surface area contributed by atoms with Crippen LogP contribution in [-0.4, -0.2) is 9.55 Å². The van der Waals surface area contributed by atoms with Crippen molar-refractivity contribution in [3.05, 3.63) is 40.2 Å². The van der Waals surface area contributed by atoms with Crippen LogP contribution in [0.25, 0.3) is 0 Å². The molecule has 0 saturated carbocycles. The van der Waals surface area contributed by atoms with E-state index in [4.69, 9.17) is 0 Å². The van der Waals surface area contributed by atoms with Gasteiger partial charge in [-0.15, -0.1) is 0 Å². The Morgan fingerprint density at radius 3 is 2.93 bits per heavy atom. The highest BCUT2D eigenvalue weighted by Crippen LogP contribution is 2.20. The van der Waals surface area contributed by atoms with Gasteiger partial charge in [0.2, 0.25) is 5.95 Å². The summed E-state index contributed by atoms with van der Waals surface area (Å²) < 4.78 is 3.27. The number of para-hydroxylation sites is 1. The third-order valence-corrected chi connectivity index (χ3v) is 3.12. The summed E-state index contributed by atoms with van der Waals surface area (Å²) in [5.41, 5.74) is 1.10. The van der Waals surface area contributed by atoms with Crippen molar-refractivity contribution in [2.75, 3.05) is 5.32 Å². The summed E-state index contributed by atoms with van der Waals surface area (Å²) in [5.74, 6) is 0.890. The van der Waals surface area contributed by atoms with Gasteiger partial charge in [-0.2, -0.15) is 0 Å². The van der Waals surface area contributed by atoms with Crippen LogP contribution in [0.3, 0.4) is 0 Å². The van der Waals surface area contributed by atoms with E-state index in [1.165, 1.54) is 3.57 Å². The molecule has 1 heterocycles. The predicted octanol–water partition coefficient (Wildman–Crippen LogP) is 3.25. The zero-order valence-electron chi connectivity index (χ0n) is 8.44. The Morgan fingerprint density at radius 1 is 1.40 bits per heavy atom. The van der Waals surface area contributed by atoms with Gasteiger partial charge in [-0.25, -0.2) is 4.98 Å². The number of aromatic nitrogens is 2. The van der Waals surface area contributed by atoms with E-state index in [1.807, 2.05) is 24.5 Å². The second kappa shape index (κ2) is 4.65. The molecule has 0 radical (unpaired) electrons. The van der Waals surface area contributed by atoms with Crippen LogP contribution in [-0.2, 0) is 6.54 Å². The number of aryl methyl sites for hydroxylation is 1. The Balaban J connectivity index is 2.26. The van der Waals surface area contributed by atoms with Gasteiger partial charge >= 0.3 is 0 Å². The molecule has 2 rings (SSSR count). The van der Waals surface area contributed by atoms with Crippen molar-refractivity contribution in [2.24, 2.45) is 0 Å².